The zero-order chi connectivity index (χ0) is 14.8. The third-order valence-electron chi connectivity index (χ3n) is 3.23. The number of unbranched alkanes of at least 4 members (excludes halogenated alkanes) is 1. The molecule has 0 unspecified atom stereocenters. The van der Waals surface area contributed by atoms with E-state index in [2.05, 4.69) is 26.3 Å². The molecule has 3 N–H and O–H groups in total. The highest BCUT2D eigenvalue weighted by Crippen LogP contribution is 2.34. The number of nitrogen functional groups attached to an aromatic ring is 1. The van der Waals surface area contributed by atoms with Gasteiger partial charge in [0.15, 0.2) is 5.82 Å². The van der Waals surface area contributed by atoms with Crippen molar-refractivity contribution in [2.45, 2.75) is 43.5 Å². The van der Waals surface area contributed by atoms with Crippen LogP contribution >= 0.6 is 15.9 Å². The van der Waals surface area contributed by atoms with Crippen LogP contribution in [0, 0.1) is 0 Å². The number of sulfonamides is 1. The number of hydrogen-bond donors (Lipinski definition) is 2. The Morgan fingerprint density at radius 3 is 2.80 bits per heavy atom. The molecule has 1 aromatic rings. The molecule has 1 aliphatic rings. The molecule has 1 fully saturated rings. The lowest BCUT2D eigenvalue weighted by atomic mass is 10.3. The summed E-state index contributed by atoms with van der Waals surface area (Å²) in [6.45, 7) is 2.59. The summed E-state index contributed by atoms with van der Waals surface area (Å²) < 4.78 is 27.8. The molecule has 112 valence electrons. The van der Waals surface area contributed by atoms with Crippen molar-refractivity contribution in [2.24, 2.45) is 5.84 Å². The molecule has 1 saturated carbocycles. The molecule has 0 saturated heterocycles. The minimum atomic E-state index is -3.58. The molecule has 6 nitrogen and oxygen atoms in total. The van der Waals surface area contributed by atoms with Crippen LogP contribution in [0.15, 0.2) is 21.6 Å². The lowest BCUT2D eigenvalue weighted by Gasteiger charge is -2.22. The number of hydrazine groups is 1. The van der Waals surface area contributed by atoms with Gasteiger partial charge in [0.05, 0.1) is 0 Å². The van der Waals surface area contributed by atoms with Crippen molar-refractivity contribution in [2.75, 3.05) is 12.0 Å². The van der Waals surface area contributed by atoms with Crippen LogP contribution < -0.4 is 11.3 Å². The molecule has 1 aromatic heterocycles. The first-order valence-corrected chi connectivity index (χ1v) is 8.88. The number of nitrogens with two attached hydrogens (primary N) is 1. The van der Waals surface area contributed by atoms with Crippen LogP contribution in [0.1, 0.15) is 32.6 Å². The van der Waals surface area contributed by atoms with Crippen LogP contribution in [0.4, 0.5) is 5.82 Å². The maximum atomic E-state index is 12.8. The fraction of sp³-hybridized carbons (Fsp3) is 0.583. The Kier molecular flexibility index (Phi) is 5.00. The molecule has 1 aliphatic carbocycles. The van der Waals surface area contributed by atoms with Crippen molar-refractivity contribution in [3.8, 4) is 0 Å². The zero-order valence-corrected chi connectivity index (χ0v) is 13.7. The summed E-state index contributed by atoms with van der Waals surface area (Å²) in [5, 5.41) is 0. The van der Waals surface area contributed by atoms with Gasteiger partial charge >= 0.3 is 0 Å². The third kappa shape index (κ3) is 3.30. The molecule has 2 rings (SSSR count). The molecule has 20 heavy (non-hydrogen) atoms. The normalized spacial score (nSPS) is 15.6. The molecular formula is C12H19BrN4O2S. The van der Waals surface area contributed by atoms with E-state index in [-0.39, 0.29) is 16.8 Å². The van der Waals surface area contributed by atoms with Gasteiger partial charge in [-0.2, -0.15) is 4.31 Å². The average Bonchev–Trinajstić information content (AvgIpc) is 3.23. The lowest BCUT2D eigenvalue weighted by molar-refractivity contribution is 0.396. The van der Waals surface area contributed by atoms with E-state index in [1.165, 1.54) is 6.20 Å². The monoisotopic (exact) mass is 362 g/mol. The van der Waals surface area contributed by atoms with E-state index in [1.54, 1.807) is 10.4 Å². The van der Waals surface area contributed by atoms with Gasteiger partial charge in [-0.05, 0) is 41.3 Å². The first-order valence-electron chi connectivity index (χ1n) is 6.64. The van der Waals surface area contributed by atoms with Crippen molar-refractivity contribution < 1.29 is 8.42 Å². The maximum absolute atomic E-state index is 12.8. The Morgan fingerprint density at radius 2 is 2.25 bits per heavy atom. The van der Waals surface area contributed by atoms with Crippen LogP contribution in [-0.2, 0) is 10.0 Å². The number of hydrogen-bond acceptors (Lipinski definition) is 5. The second kappa shape index (κ2) is 6.38. The third-order valence-corrected chi connectivity index (χ3v) is 5.63. The van der Waals surface area contributed by atoms with Crippen molar-refractivity contribution in [1.82, 2.24) is 9.29 Å². The Morgan fingerprint density at radius 1 is 1.55 bits per heavy atom. The second-order valence-corrected chi connectivity index (χ2v) is 7.62. The summed E-state index contributed by atoms with van der Waals surface area (Å²) in [5.41, 5.74) is 2.36. The van der Waals surface area contributed by atoms with Gasteiger partial charge in [0.2, 0.25) is 10.0 Å². The Balaban J connectivity index is 2.39. The molecule has 0 atom stereocenters. The molecule has 8 heteroatoms. The van der Waals surface area contributed by atoms with Gasteiger partial charge in [0.1, 0.15) is 4.90 Å². The maximum Gasteiger partial charge on any atom is 0.247 e. The van der Waals surface area contributed by atoms with E-state index in [0.29, 0.717) is 11.0 Å². The Bertz CT molecular complexity index is 575. The van der Waals surface area contributed by atoms with Gasteiger partial charge in [-0.25, -0.2) is 19.2 Å². The van der Waals surface area contributed by atoms with E-state index in [4.69, 9.17) is 5.84 Å². The van der Waals surface area contributed by atoms with Gasteiger partial charge in [0, 0.05) is 23.3 Å². The van der Waals surface area contributed by atoms with E-state index < -0.39 is 10.0 Å². The molecular weight excluding hydrogens is 344 g/mol. The number of nitrogens with zero attached hydrogens (tertiary/aromatic N) is 2. The number of anilines is 1. The van der Waals surface area contributed by atoms with Gasteiger partial charge in [-0.15, -0.1) is 0 Å². The minimum absolute atomic E-state index is 0.121. The molecule has 0 aliphatic heterocycles. The summed E-state index contributed by atoms with van der Waals surface area (Å²) >= 11 is 3.26. The number of aromatic nitrogens is 1. The topological polar surface area (TPSA) is 88.3 Å². The van der Waals surface area contributed by atoms with Crippen molar-refractivity contribution in [3.63, 3.8) is 0 Å². The van der Waals surface area contributed by atoms with Crippen LogP contribution in [0.3, 0.4) is 0 Å². The fourth-order valence-electron chi connectivity index (χ4n) is 2.03. The number of nitrogens with one attached hydrogen (secondary N) is 1. The summed E-state index contributed by atoms with van der Waals surface area (Å²) in [6.07, 6.45) is 5.17. The molecule has 1 heterocycles. The summed E-state index contributed by atoms with van der Waals surface area (Å²) in [5.74, 6) is 5.55. The predicted octanol–water partition coefficient (Wildman–Crippen LogP) is 2.08. The second-order valence-electron chi connectivity index (χ2n) is 4.85. The van der Waals surface area contributed by atoms with Crippen LogP contribution in [-0.4, -0.2) is 30.3 Å². The minimum Gasteiger partial charge on any atom is -0.307 e. The van der Waals surface area contributed by atoms with Crippen LogP contribution in [0.2, 0.25) is 0 Å². The molecule has 0 radical (unpaired) electrons. The highest BCUT2D eigenvalue weighted by Gasteiger charge is 2.38. The van der Waals surface area contributed by atoms with E-state index >= 15 is 0 Å². The van der Waals surface area contributed by atoms with Crippen LogP contribution in [0.25, 0.3) is 0 Å². The zero-order valence-electron chi connectivity index (χ0n) is 11.3. The Hall–Kier alpha value is -0.700. The lowest BCUT2D eigenvalue weighted by Crippen LogP contribution is -2.35. The average molecular weight is 363 g/mol. The first kappa shape index (κ1) is 15.7. The highest BCUT2D eigenvalue weighted by atomic mass is 79.9. The Labute approximate surface area is 127 Å². The van der Waals surface area contributed by atoms with Gasteiger partial charge in [-0.3, -0.25) is 0 Å². The number of rotatable bonds is 7. The molecule has 0 amide bonds. The van der Waals surface area contributed by atoms with Crippen molar-refractivity contribution in [3.05, 3.63) is 16.7 Å². The summed E-state index contributed by atoms with van der Waals surface area (Å²) in [4.78, 5) is 4.14. The standard InChI is InChI=1S/C12H19BrN4O2S/c1-2-3-6-17(10-4-5-10)20(18,19)11-7-9(13)8-15-12(11)16-14/h7-8,10H,2-6,14H2,1H3,(H,15,16). The quantitative estimate of drug-likeness (QED) is 0.572. The predicted molar refractivity (Wildman–Crippen MR) is 81.6 cm³/mol. The highest BCUT2D eigenvalue weighted by molar-refractivity contribution is 9.10. The van der Waals surface area contributed by atoms with Gasteiger partial charge < -0.3 is 5.43 Å². The van der Waals surface area contributed by atoms with E-state index in [0.717, 1.165) is 25.7 Å². The summed E-state index contributed by atoms with van der Waals surface area (Å²) in [6, 6.07) is 1.66. The molecule has 0 spiro atoms. The molecule has 0 bridgehead atoms. The van der Waals surface area contributed by atoms with Crippen molar-refractivity contribution >= 4 is 31.8 Å². The van der Waals surface area contributed by atoms with Crippen molar-refractivity contribution in [1.29, 1.82) is 0 Å². The summed E-state index contributed by atoms with van der Waals surface area (Å²) in [7, 11) is -3.58. The van der Waals surface area contributed by atoms with Gasteiger partial charge in [0.25, 0.3) is 0 Å². The molecule has 0 aromatic carbocycles. The fourth-order valence-corrected chi connectivity index (χ4v) is 4.37. The number of halogens is 1. The van der Waals surface area contributed by atoms with Gasteiger partial charge in [-0.1, -0.05) is 13.3 Å². The van der Waals surface area contributed by atoms with E-state index in [1.807, 2.05) is 6.92 Å². The smallest absolute Gasteiger partial charge is 0.247 e. The van der Waals surface area contributed by atoms with E-state index in [9.17, 15) is 8.42 Å². The first-order chi connectivity index (χ1) is 9.50. The van der Waals surface area contributed by atoms with Crippen LogP contribution in [0.5, 0.6) is 0 Å². The largest absolute Gasteiger partial charge is 0.307 e. The number of pyridine rings is 1. The SMILES string of the molecule is CCCCN(C1CC1)S(=O)(=O)c1cc(Br)cnc1NN.